The SMILES string of the molecule is C.O=C(CCCCCBr)O[C@H]1C[N+]2(Cc3ccccc3)CCC1CC2.O=C(Cl)CCCCCBr.O[C@H]1C[N+]2(Cc3ccccc3)CCC1CC2.[Br-].[Br-]. The summed E-state index contributed by atoms with van der Waals surface area (Å²) < 4.78 is 8.11. The van der Waals surface area contributed by atoms with E-state index in [-0.39, 0.29) is 64.8 Å². The van der Waals surface area contributed by atoms with Gasteiger partial charge in [-0.3, -0.25) is 9.59 Å². The third kappa shape index (κ3) is 16.8. The zero-order valence-corrected chi connectivity index (χ0v) is 37.2. The highest BCUT2D eigenvalue weighted by molar-refractivity contribution is 9.09. The maximum absolute atomic E-state index is 12.2. The first-order chi connectivity index (χ1) is 23.8. The Morgan fingerprint density at radius 1 is 0.673 bits per heavy atom. The first kappa shape index (κ1) is 49.7. The summed E-state index contributed by atoms with van der Waals surface area (Å²) in [5, 5.41) is 11.8. The molecule has 0 saturated carbocycles. The number of piperidine rings is 6. The molecule has 6 nitrogen and oxygen atoms in total. The van der Waals surface area contributed by atoms with Crippen LogP contribution in [0.25, 0.3) is 0 Å². The van der Waals surface area contributed by atoms with Crippen LogP contribution >= 0.6 is 43.5 Å². The number of alkyl halides is 2. The van der Waals surface area contributed by atoms with E-state index in [2.05, 4.69) is 92.5 Å². The van der Waals surface area contributed by atoms with Crippen LogP contribution < -0.4 is 34.0 Å². The Labute approximate surface area is 357 Å². The average molecular weight is 1000 g/mol. The number of halogens is 5. The minimum absolute atomic E-state index is 0. The molecule has 6 aliphatic rings. The summed E-state index contributed by atoms with van der Waals surface area (Å²) in [7, 11) is 0. The predicted octanol–water partition coefficient (Wildman–Crippen LogP) is 3.43. The van der Waals surface area contributed by atoms with Gasteiger partial charge in [-0.2, -0.15) is 0 Å². The van der Waals surface area contributed by atoms with Gasteiger partial charge in [0.25, 0.3) is 0 Å². The second kappa shape index (κ2) is 26.5. The number of rotatable bonds is 15. The zero-order chi connectivity index (χ0) is 35.0. The Morgan fingerprint density at radius 2 is 1.12 bits per heavy atom. The highest BCUT2D eigenvalue weighted by Gasteiger charge is 2.47. The topological polar surface area (TPSA) is 63.6 Å². The number of carbonyl (C=O) groups is 2. The van der Waals surface area contributed by atoms with Crippen molar-refractivity contribution in [1.29, 1.82) is 0 Å². The summed E-state index contributed by atoms with van der Waals surface area (Å²) in [6.07, 6.45) is 12.4. The predicted molar refractivity (Wildman–Crippen MR) is 213 cm³/mol. The molecule has 0 aromatic heterocycles. The number of benzene rings is 2. The first-order valence-corrected chi connectivity index (χ1v) is 21.3. The number of hydrogen-bond acceptors (Lipinski definition) is 4. The van der Waals surface area contributed by atoms with Crippen molar-refractivity contribution >= 4 is 54.7 Å². The summed E-state index contributed by atoms with van der Waals surface area (Å²) >= 11 is 11.8. The Balaban J connectivity index is 0.000000420. The van der Waals surface area contributed by atoms with Crippen LogP contribution in [0.1, 0.15) is 95.6 Å². The van der Waals surface area contributed by atoms with Crippen LogP contribution in [0.15, 0.2) is 60.7 Å². The van der Waals surface area contributed by atoms with Crippen LogP contribution in [0.2, 0.25) is 0 Å². The van der Waals surface area contributed by atoms with E-state index in [9.17, 15) is 14.7 Å². The summed E-state index contributed by atoms with van der Waals surface area (Å²) in [5.74, 6) is 1.20. The Bertz CT molecular complexity index is 1250. The van der Waals surface area contributed by atoms with Crippen molar-refractivity contribution in [2.45, 2.75) is 110 Å². The van der Waals surface area contributed by atoms with Gasteiger partial charge in [-0.1, -0.05) is 113 Å². The standard InChI is InChI=1S/C20H29BrNO2.C14H20NO.C6H10BrClO.CH4.2BrH/c21-12-6-2-5-9-20(23)24-19-16-22(13-10-18(19)11-14-22)15-17-7-3-1-4-8-17;16-14-11-15(8-6-13(14)7-9-15)10-12-4-2-1-3-5-12;7-5-3-1-2-4-6(8)9;;;/h1,3-4,7-8,18-19H,2,5-6,9-16H2;1-5,13-14,16H,6-11H2;1-5H2;1H4;2*1H/q2*+1;;;;/p-2/t18?,19-,22?;13?,14-,15?;;;;/m00..../s1. The molecule has 2 atom stereocenters. The normalized spacial score (nSPS) is 26.5. The Kier molecular flexibility index (Phi) is 25.3. The van der Waals surface area contributed by atoms with Gasteiger partial charge in [-0.05, 0) is 37.3 Å². The van der Waals surface area contributed by atoms with Crippen LogP contribution in [0.5, 0.6) is 0 Å². The van der Waals surface area contributed by atoms with E-state index in [1.165, 1.54) is 63.0 Å². The fourth-order valence-corrected chi connectivity index (χ4v) is 9.22. The molecule has 8 rings (SSSR count). The quantitative estimate of drug-likeness (QED) is 0.0979. The first-order valence-electron chi connectivity index (χ1n) is 18.7. The van der Waals surface area contributed by atoms with Crippen molar-refractivity contribution < 1.29 is 62.4 Å². The van der Waals surface area contributed by atoms with E-state index < -0.39 is 0 Å². The highest BCUT2D eigenvalue weighted by Crippen LogP contribution is 2.37. The molecular weight excluding hydrogens is 940 g/mol. The second-order valence-electron chi connectivity index (χ2n) is 14.9. The summed E-state index contributed by atoms with van der Waals surface area (Å²) in [5.41, 5.74) is 2.81. The summed E-state index contributed by atoms with van der Waals surface area (Å²) in [6, 6.07) is 21.5. The van der Waals surface area contributed by atoms with Gasteiger partial charge in [-0.25, -0.2) is 0 Å². The molecule has 2 aromatic rings. The molecule has 0 radical (unpaired) electrons. The molecular formula is C41H63Br4ClN2O4. The molecule has 0 unspecified atom stereocenters. The lowest BCUT2D eigenvalue weighted by Crippen LogP contribution is -3.00. The van der Waals surface area contributed by atoms with Crippen LogP contribution in [0, 0.1) is 11.8 Å². The average Bonchev–Trinajstić information content (AvgIpc) is 3.10. The maximum Gasteiger partial charge on any atom is 0.306 e. The Morgan fingerprint density at radius 3 is 1.56 bits per heavy atom. The number of aliphatic hydroxyl groups is 1. The monoisotopic (exact) mass is 998 g/mol. The van der Waals surface area contributed by atoms with Crippen LogP contribution in [0.4, 0.5) is 0 Å². The highest BCUT2D eigenvalue weighted by atomic mass is 79.9. The molecule has 6 saturated heterocycles. The lowest BCUT2D eigenvalue weighted by molar-refractivity contribution is -0.958. The van der Waals surface area contributed by atoms with E-state index in [1.54, 1.807) is 0 Å². The minimum atomic E-state index is -0.218. The van der Waals surface area contributed by atoms with E-state index in [0.717, 1.165) is 84.3 Å². The fourth-order valence-electron chi connectivity index (χ4n) is 8.29. The van der Waals surface area contributed by atoms with Gasteiger partial charge in [0.15, 0.2) is 6.10 Å². The third-order valence-corrected chi connectivity index (χ3v) is 12.4. The molecule has 11 heteroatoms. The lowest BCUT2D eigenvalue weighted by atomic mass is 9.83. The van der Waals surface area contributed by atoms with Gasteiger partial charge < -0.3 is 52.8 Å². The molecule has 6 fully saturated rings. The van der Waals surface area contributed by atoms with Crippen molar-refractivity contribution in [2.24, 2.45) is 11.8 Å². The van der Waals surface area contributed by atoms with Gasteiger partial charge >= 0.3 is 5.97 Å². The zero-order valence-electron chi connectivity index (χ0n) is 30.1. The molecule has 1 N–H and O–H groups in total. The summed E-state index contributed by atoms with van der Waals surface area (Å²) in [4.78, 5) is 22.3. The lowest BCUT2D eigenvalue weighted by Gasteiger charge is -2.52. The van der Waals surface area contributed by atoms with Crippen molar-refractivity contribution in [3.63, 3.8) is 0 Å². The van der Waals surface area contributed by atoms with E-state index in [4.69, 9.17) is 16.3 Å². The van der Waals surface area contributed by atoms with Gasteiger partial charge in [0, 0.05) is 72.1 Å². The molecule has 0 spiro atoms. The van der Waals surface area contributed by atoms with Crippen LogP contribution in [0.3, 0.4) is 0 Å². The molecule has 296 valence electrons. The number of hydrogen-bond donors (Lipinski definition) is 1. The molecule has 6 aliphatic heterocycles. The van der Waals surface area contributed by atoms with Gasteiger partial charge in [0.2, 0.25) is 5.24 Å². The second-order valence-corrected chi connectivity index (χ2v) is 16.9. The van der Waals surface area contributed by atoms with Crippen LogP contribution in [-0.2, 0) is 27.4 Å². The number of carbonyl (C=O) groups excluding carboxylic acids is 2. The van der Waals surface area contributed by atoms with E-state index in [0.29, 0.717) is 24.7 Å². The number of unbranched alkanes of at least 4 members (excludes halogenated alkanes) is 4. The number of nitrogens with zero attached hydrogens (tertiary/aromatic N) is 2. The van der Waals surface area contributed by atoms with Gasteiger partial charge in [0.05, 0.1) is 26.2 Å². The molecule has 4 bridgehead atoms. The fraction of sp³-hybridized carbons (Fsp3) is 0.659. The Hall–Kier alpha value is -0.330. The van der Waals surface area contributed by atoms with Crippen molar-refractivity contribution in [3.8, 4) is 0 Å². The van der Waals surface area contributed by atoms with Gasteiger partial charge in [0.1, 0.15) is 32.3 Å². The molecule has 0 aliphatic carbocycles. The molecule has 6 heterocycles. The molecule has 0 amide bonds. The number of esters is 1. The smallest absolute Gasteiger partial charge is 0.306 e. The largest absolute Gasteiger partial charge is 1.00 e. The van der Waals surface area contributed by atoms with Gasteiger partial charge in [-0.15, -0.1) is 0 Å². The number of aliphatic hydroxyl groups excluding tert-OH is 1. The number of ether oxygens (including phenoxy) is 1. The number of fused-ring (bicyclic) bond motifs is 6. The minimum Gasteiger partial charge on any atom is -1.00 e. The van der Waals surface area contributed by atoms with Crippen LogP contribution in [-0.4, -0.2) is 87.4 Å². The van der Waals surface area contributed by atoms with Crippen molar-refractivity contribution in [3.05, 3.63) is 71.8 Å². The van der Waals surface area contributed by atoms with E-state index in [1.807, 2.05) is 0 Å². The molecule has 2 aromatic carbocycles. The summed E-state index contributed by atoms with van der Waals surface area (Å²) in [6.45, 7) is 9.15. The van der Waals surface area contributed by atoms with Crippen molar-refractivity contribution in [1.82, 2.24) is 0 Å². The maximum atomic E-state index is 12.2. The number of quaternary nitrogens is 2. The van der Waals surface area contributed by atoms with E-state index >= 15 is 0 Å². The van der Waals surface area contributed by atoms with Crippen molar-refractivity contribution in [2.75, 3.05) is 49.9 Å². The third-order valence-electron chi connectivity index (χ3n) is 11.1. The molecule has 52 heavy (non-hydrogen) atoms.